The molecule has 0 heterocycles. The van der Waals surface area contributed by atoms with E-state index in [9.17, 15) is 0 Å². The van der Waals surface area contributed by atoms with Crippen molar-refractivity contribution >= 4 is 5.69 Å². The number of hydrogen-bond donors (Lipinski definition) is 1. The molecule has 0 aliphatic carbocycles. The first kappa shape index (κ1) is 17.0. The van der Waals surface area contributed by atoms with Crippen LogP contribution in [0.25, 0.3) is 0 Å². The summed E-state index contributed by atoms with van der Waals surface area (Å²) >= 11 is 0. The highest BCUT2D eigenvalue weighted by Crippen LogP contribution is 2.20. The number of nitrogens with zero attached hydrogens (tertiary/aromatic N) is 1. The van der Waals surface area contributed by atoms with Crippen molar-refractivity contribution in [2.45, 2.75) is 46.7 Å². The van der Waals surface area contributed by atoms with Gasteiger partial charge in [-0.3, -0.25) is 0 Å². The molecule has 0 amide bonds. The molecule has 0 fully saturated rings. The third-order valence-corrected chi connectivity index (χ3v) is 3.27. The summed E-state index contributed by atoms with van der Waals surface area (Å²) in [5.74, 6) is 0. The van der Waals surface area contributed by atoms with E-state index in [-0.39, 0.29) is 5.54 Å². The fourth-order valence-corrected chi connectivity index (χ4v) is 2.09. The van der Waals surface area contributed by atoms with Crippen LogP contribution >= 0.6 is 0 Å². The van der Waals surface area contributed by atoms with E-state index in [1.807, 2.05) is 6.92 Å². The molecule has 20 heavy (non-hydrogen) atoms. The molecule has 0 saturated heterocycles. The zero-order valence-electron chi connectivity index (χ0n) is 13.9. The van der Waals surface area contributed by atoms with Crippen molar-refractivity contribution in [3.8, 4) is 0 Å². The summed E-state index contributed by atoms with van der Waals surface area (Å²) in [7, 11) is 2.12. The highest BCUT2D eigenvalue weighted by molar-refractivity contribution is 5.53. The van der Waals surface area contributed by atoms with E-state index in [0.717, 1.165) is 26.3 Å². The molecule has 0 radical (unpaired) electrons. The summed E-state index contributed by atoms with van der Waals surface area (Å²) in [5.41, 5.74) is 4.08. The topological polar surface area (TPSA) is 24.5 Å². The average Bonchev–Trinajstić information content (AvgIpc) is 2.35. The van der Waals surface area contributed by atoms with Crippen molar-refractivity contribution in [1.82, 2.24) is 5.32 Å². The third kappa shape index (κ3) is 5.93. The van der Waals surface area contributed by atoms with Gasteiger partial charge in [0.05, 0.1) is 6.61 Å². The van der Waals surface area contributed by atoms with Gasteiger partial charge >= 0.3 is 0 Å². The Morgan fingerprint density at radius 1 is 1.25 bits per heavy atom. The van der Waals surface area contributed by atoms with Crippen LogP contribution in [0.2, 0.25) is 0 Å². The second kappa shape index (κ2) is 7.65. The summed E-state index contributed by atoms with van der Waals surface area (Å²) in [6.07, 6.45) is 0. The SMILES string of the molecule is CCOCCN(C)c1ccc(CNC(C)(C)C)cc1C. The smallest absolute Gasteiger partial charge is 0.0641 e. The van der Waals surface area contributed by atoms with Crippen molar-refractivity contribution in [2.24, 2.45) is 0 Å². The summed E-state index contributed by atoms with van der Waals surface area (Å²) in [6, 6.07) is 6.68. The molecule has 0 bridgehead atoms. The van der Waals surface area contributed by atoms with Gasteiger partial charge in [0.1, 0.15) is 0 Å². The number of likely N-dealkylation sites (N-methyl/N-ethyl adjacent to an activating group) is 1. The predicted molar refractivity (Wildman–Crippen MR) is 87.5 cm³/mol. The van der Waals surface area contributed by atoms with Gasteiger partial charge in [-0.05, 0) is 51.8 Å². The number of aryl methyl sites for hydroxylation is 1. The molecule has 0 aromatic heterocycles. The zero-order chi connectivity index (χ0) is 15.2. The van der Waals surface area contributed by atoms with E-state index in [1.54, 1.807) is 0 Å². The van der Waals surface area contributed by atoms with Crippen LogP contribution in [-0.2, 0) is 11.3 Å². The minimum absolute atomic E-state index is 0.154. The van der Waals surface area contributed by atoms with Crippen LogP contribution in [-0.4, -0.2) is 32.3 Å². The number of hydrogen-bond acceptors (Lipinski definition) is 3. The summed E-state index contributed by atoms with van der Waals surface area (Å²) in [6.45, 7) is 14.2. The highest BCUT2D eigenvalue weighted by Gasteiger charge is 2.10. The fraction of sp³-hybridized carbons (Fsp3) is 0.647. The number of rotatable bonds is 7. The maximum Gasteiger partial charge on any atom is 0.0641 e. The maximum absolute atomic E-state index is 5.41. The van der Waals surface area contributed by atoms with E-state index in [4.69, 9.17) is 4.74 Å². The Hall–Kier alpha value is -1.06. The van der Waals surface area contributed by atoms with Gasteiger partial charge in [-0.1, -0.05) is 12.1 Å². The predicted octanol–water partition coefficient (Wildman–Crippen LogP) is 3.36. The van der Waals surface area contributed by atoms with Gasteiger partial charge in [-0.25, -0.2) is 0 Å². The second-order valence-corrected chi connectivity index (χ2v) is 6.34. The van der Waals surface area contributed by atoms with E-state index in [1.165, 1.54) is 16.8 Å². The molecule has 114 valence electrons. The van der Waals surface area contributed by atoms with Crippen molar-refractivity contribution in [3.05, 3.63) is 29.3 Å². The molecule has 0 saturated carbocycles. The number of ether oxygens (including phenoxy) is 1. The molecular formula is C17H30N2O. The lowest BCUT2D eigenvalue weighted by molar-refractivity contribution is 0.154. The first-order chi connectivity index (χ1) is 9.33. The molecule has 1 N–H and O–H groups in total. The molecule has 1 rings (SSSR count). The van der Waals surface area contributed by atoms with Crippen LogP contribution in [0.1, 0.15) is 38.8 Å². The Labute approximate surface area is 124 Å². The van der Waals surface area contributed by atoms with Crippen molar-refractivity contribution < 1.29 is 4.74 Å². The first-order valence-electron chi connectivity index (χ1n) is 7.47. The van der Waals surface area contributed by atoms with Gasteiger partial charge < -0.3 is 15.0 Å². The Morgan fingerprint density at radius 2 is 1.95 bits per heavy atom. The number of benzene rings is 1. The monoisotopic (exact) mass is 278 g/mol. The molecule has 1 aromatic carbocycles. The molecule has 0 atom stereocenters. The van der Waals surface area contributed by atoms with Crippen LogP contribution in [0.15, 0.2) is 18.2 Å². The minimum Gasteiger partial charge on any atom is -0.380 e. The Bertz CT molecular complexity index is 410. The molecule has 1 aromatic rings. The van der Waals surface area contributed by atoms with E-state index >= 15 is 0 Å². The van der Waals surface area contributed by atoms with Gasteiger partial charge in [-0.2, -0.15) is 0 Å². The Kier molecular flexibility index (Phi) is 6.50. The quantitative estimate of drug-likeness (QED) is 0.774. The van der Waals surface area contributed by atoms with Crippen molar-refractivity contribution in [3.63, 3.8) is 0 Å². The molecular weight excluding hydrogens is 248 g/mol. The molecule has 3 heteroatoms. The summed E-state index contributed by atoms with van der Waals surface area (Å²) in [4.78, 5) is 2.26. The van der Waals surface area contributed by atoms with Crippen LogP contribution in [0, 0.1) is 6.92 Å². The van der Waals surface area contributed by atoms with Gasteiger partial charge in [0.25, 0.3) is 0 Å². The van der Waals surface area contributed by atoms with Crippen LogP contribution in [0.4, 0.5) is 5.69 Å². The number of anilines is 1. The number of nitrogens with one attached hydrogen (secondary N) is 1. The minimum atomic E-state index is 0.154. The van der Waals surface area contributed by atoms with Crippen LogP contribution in [0.3, 0.4) is 0 Å². The fourth-order valence-electron chi connectivity index (χ4n) is 2.09. The molecule has 0 spiro atoms. The summed E-state index contributed by atoms with van der Waals surface area (Å²) < 4.78 is 5.41. The molecule has 0 unspecified atom stereocenters. The lowest BCUT2D eigenvalue weighted by atomic mass is 10.1. The van der Waals surface area contributed by atoms with Gasteiger partial charge in [0.15, 0.2) is 0 Å². The zero-order valence-corrected chi connectivity index (χ0v) is 13.9. The van der Waals surface area contributed by atoms with E-state index in [0.29, 0.717) is 0 Å². The lowest BCUT2D eigenvalue weighted by Gasteiger charge is -2.23. The average molecular weight is 278 g/mol. The molecule has 3 nitrogen and oxygen atoms in total. The van der Waals surface area contributed by atoms with Crippen molar-refractivity contribution in [1.29, 1.82) is 0 Å². The van der Waals surface area contributed by atoms with Crippen molar-refractivity contribution in [2.75, 3.05) is 31.7 Å². The Morgan fingerprint density at radius 3 is 2.50 bits per heavy atom. The van der Waals surface area contributed by atoms with Gasteiger partial charge in [-0.15, -0.1) is 0 Å². The lowest BCUT2D eigenvalue weighted by Crippen LogP contribution is -2.35. The second-order valence-electron chi connectivity index (χ2n) is 6.34. The normalized spacial score (nSPS) is 11.7. The van der Waals surface area contributed by atoms with Gasteiger partial charge in [0, 0.05) is 38.0 Å². The summed E-state index contributed by atoms with van der Waals surface area (Å²) in [5, 5.41) is 3.52. The van der Waals surface area contributed by atoms with E-state index in [2.05, 4.69) is 63.2 Å². The third-order valence-electron chi connectivity index (χ3n) is 3.27. The largest absolute Gasteiger partial charge is 0.380 e. The molecule has 0 aliphatic rings. The highest BCUT2D eigenvalue weighted by atomic mass is 16.5. The standard InChI is InChI=1S/C17H30N2O/c1-7-20-11-10-19(6)16-9-8-15(12-14(16)2)13-18-17(3,4)5/h8-9,12,18H,7,10-11,13H2,1-6H3. The van der Waals surface area contributed by atoms with E-state index < -0.39 is 0 Å². The maximum atomic E-state index is 5.41. The Balaban J connectivity index is 2.63. The van der Waals surface area contributed by atoms with Crippen LogP contribution in [0.5, 0.6) is 0 Å². The molecule has 0 aliphatic heterocycles. The van der Waals surface area contributed by atoms with Crippen LogP contribution < -0.4 is 10.2 Å². The first-order valence-corrected chi connectivity index (χ1v) is 7.47. The van der Waals surface area contributed by atoms with Gasteiger partial charge in [0.2, 0.25) is 0 Å².